The lowest BCUT2D eigenvalue weighted by atomic mass is 9.95. The molecule has 3 aliphatic rings. The van der Waals surface area contributed by atoms with Gasteiger partial charge in [0.1, 0.15) is 18.6 Å². The highest BCUT2D eigenvalue weighted by atomic mass is 16.5. The minimum atomic E-state index is -0.485. The largest absolute Gasteiger partial charge is 0.491 e. The van der Waals surface area contributed by atoms with Gasteiger partial charge in [0.05, 0.1) is 18.2 Å². The summed E-state index contributed by atoms with van der Waals surface area (Å²) in [6.45, 7) is 2.62. The van der Waals surface area contributed by atoms with Crippen molar-refractivity contribution < 1.29 is 24.1 Å². The standard InChI is InChI=1S/C19H25NO5/c1-23-18(22)14-2-3-15-11-20(17(21)13-4-8-24-9-5-13)19(6-7-19)12-25-16(15)10-14/h2-3,10,13,17,21H,4-9,11-12H2,1H3. The summed E-state index contributed by atoms with van der Waals surface area (Å²) in [5.41, 5.74) is 1.41. The van der Waals surface area contributed by atoms with E-state index in [1.165, 1.54) is 7.11 Å². The third-order valence-corrected chi connectivity index (χ3v) is 5.77. The van der Waals surface area contributed by atoms with E-state index >= 15 is 0 Å². The molecule has 2 aliphatic heterocycles. The summed E-state index contributed by atoms with van der Waals surface area (Å²) in [4.78, 5) is 14.0. The van der Waals surface area contributed by atoms with Crippen LogP contribution < -0.4 is 4.74 Å². The van der Waals surface area contributed by atoms with Gasteiger partial charge in [0.15, 0.2) is 0 Å². The number of ether oxygens (including phenoxy) is 3. The van der Waals surface area contributed by atoms with Crippen LogP contribution >= 0.6 is 0 Å². The first kappa shape index (κ1) is 16.8. The summed E-state index contributed by atoms with van der Waals surface area (Å²) in [5.74, 6) is 0.592. The van der Waals surface area contributed by atoms with Crippen LogP contribution in [0.4, 0.5) is 0 Å². The molecule has 136 valence electrons. The number of carbonyl (C=O) groups is 1. The minimum Gasteiger partial charge on any atom is -0.491 e. The Kier molecular flexibility index (Phi) is 4.43. The number of carbonyl (C=O) groups excluding carboxylic acids is 1. The lowest BCUT2D eigenvalue weighted by Gasteiger charge is -2.39. The van der Waals surface area contributed by atoms with Gasteiger partial charge < -0.3 is 19.3 Å². The van der Waals surface area contributed by atoms with Crippen molar-refractivity contribution in [1.29, 1.82) is 0 Å². The maximum atomic E-state index is 11.8. The Balaban J connectivity index is 1.59. The molecule has 1 saturated heterocycles. The number of nitrogens with zero attached hydrogens (tertiary/aromatic N) is 1. The molecule has 2 heterocycles. The summed E-state index contributed by atoms with van der Waals surface area (Å²) >= 11 is 0. The first-order chi connectivity index (χ1) is 12.1. The molecule has 25 heavy (non-hydrogen) atoms. The Morgan fingerprint density at radius 2 is 2.12 bits per heavy atom. The number of methoxy groups -OCH3 is 1. The fourth-order valence-corrected chi connectivity index (χ4v) is 3.93. The number of esters is 1. The number of fused-ring (bicyclic) bond motifs is 1. The number of hydrogen-bond acceptors (Lipinski definition) is 6. The van der Waals surface area contributed by atoms with Gasteiger partial charge in [0, 0.05) is 31.2 Å². The van der Waals surface area contributed by atoms with E-state index < -0.39 is 6.23 Å². The smallest absolute Gasteiger partial charge is 0.337 e. The molecule has 1 atom stereocenters. The van der Waals surface area contributed by atoms with Crippen LogP contribution in [0.3, 0.4) is 0 Å². The molecule has 6 heteroatoms. The average molecular weight is 347 g/mol. The second kappa shape index (κ2) is 6.59. The summed E-state index contributed by atoms with van der Waals surface area (Å²) < 4.78 is 16.3. The maximum Gasteiger partial charge on any atom is 0.337 e. The van der Waals surface area contributed by atoms with Gasteiger partial charge in [-0.15, -0.1) is 0 Å². The number of aliphatic hydroxyl groups excluding tert-OH is 1. The topological polar surface area (TPSA) is 68.2 Å². The van der Waals surface area contributed by atoms with E-state index in [0.717, 1.165) is 50.2 Å². The molecule has 1 unspecified atom stereocenters. The van der Waals surface area contributed by atoms with Crippen molar-refractivity contribution in [2.24, 2.45) is 5.92 Å². The van der Waals surface area contributed by atoms with Crippen LogP contribution in [0, 0.1) is 5.92 Å². The molecule has 1 aromatic carbocycles. The van der Waals surface area contributed by atoms with Crippen molar-refractivity contribution in [2.45, 2.75) is 44.0 Å². The van der Waals surface area contributed by atoms with Crippen molar-refractivity contribution in [1.82, 2.24) is 4.90 Å². The third-order valence-electron chi connectivity index (χ3n) is 5.77. The number of aliphatic hydroxyl groups is 1. The van der Waals surface area contributed by atoms with Gasteiger partial charge in [-0.1, -0.05) is 6.07 Å². The highest BCUT2D eigenvalue weighted by molar-refractivity contribution is 5.89. The van der Waals surface area contributed by atoms with Crippen LogP contribution in [0.2, 0.25) is 0 Å². The van der Waals surface area contributed by atoms with E-state index in [4.69, 9.17) is 14.2 Å². The molecule has 1 spiro atoms. The number of rotatable bonds is 3. The summed E-state index contributed by atoms with van der Waals surface area (Å²) in [6.07, 6.45) is 3.36. The molecule has 0 amide bonds. The van der Waals surface area contributed by atoms with E-state index in [-0.39, 0.29) is 17.4 Å². The molecule has 1 aromatic rings. The first-order valence-corrected chi connectivity index (χ1v) is 8.99. The van der Waals surface area contributed by atoms with Gasteiger partial charge >= 0.3 is 5.97 Å². The van der Waals surface area contributed by atoms with E-state index in [2.05, 4.69) is 4.90 Å². The Labute approximate surface area is 147 Å². The number of hydrogen-bond donors (Lipinski definition) is 1. The predicted molar refractivity (Wildman–Crippen MR) is 90.3 cm³/mol. The third kappa shape index (κ3) is 3.14. The van der Waals surface area contributed by atoms with Crippen molar-refractivity contribution in [3.63, 3.8) is 0 Å². The van der Waals surface area contributed by atoms with E-state index in [9.17, 15) is 9.90 Å². The van der Waals surface area contributed by atoms with Gasteiger partial charge in [0.25, 0.3) is 0 Å². The van der Waals surface area contributed by atoms with E-state index in [1.807, 2.05) is 6.07 Å². The van der Waals surface area contributed by atoms with E-state index in [1.54, 1.807) is 12.1 Å². The zero-order valence-corrected chi connectivity index (χ0v) is 14.6. The molecular weight excluding hydrogens is 322 g/mol. The van der Waals surface area contributed by atoms with Gasteiger partial charge in [-0.3, -0.25) is 4.90 Å². The Morgan fingerprint density at radius 3 is 2.80 bits per heavy atom. The molecule has 6 nitrogen and oxygen atoms in total. The van der Waals surface area contributed by atoms with Crippen LogP contribution in [0.1, 0.15) is 41.6 Å². The molecule has 1 saturated carbocycles. The van der Waals surface area contributed by atoms with Crippen LogP contribution in [0.15, 0.2) is 18.2 Å². The quantitative estimate of drug-likeness (QED) is 0.843. The highest BCUT2D eigenvalue weighted by Crippen LogP contribution is 2.47. The molecule has 4 rings (SSSR count). The fourth-order valence-electron chi connectivity index (χ4n) is 3.93. The Morgan fingerprint density at radius 1 is 1.36 bits per heavy atom. The van der Waals surface area contributed by atoms with E-state index in [0.29, 0.717) is 18.7 Å². The van der Waals surface area contributed by atoms with Crippen LogP contribution in [-0.4, -0.2) is 54.7 Å². The van der Waals surface area contributed by atoms with Gasteiger partial charge in [-0.25, -0.2) is 4.79 Å². The maximum absolute atomic E-state index is 11.8. The average Bonchev–Trinajstić information content (AvgIpc) is 3.47. The predicted octanol–water partition coefficient (Wildman–Crippen LogP) is 1.95. The van der Waals surface area contributed by atoms with Crippen molar-refractivity contribution in [3.8, 4) is 5.75 Å². The summed E-state index contributed by atoms with van der Waals surface area (Å²) in [6, 6.07) is 5.42. The normalized spacial score (nSPS) is 24.1. The molecule has 1 N–H and O–H groups in total. The zero-order chi connectivity index (χ0) is 17.4. The molecule has 0 bridgehead atoms. The molecular formula is C19H25NO5. The summed E-state index contributed by atoms with van der Waals surface area (Å²) in [7, 11) is 1.38. The first-order valence-electron chi connectivity index (χ1n) is 8.99. The van der Waals surface area contributed by atoms with Gasteiger partial charge in [-0.2, -0.15) is 0 Å². The highest BCUT2D eigenvalue weighted by Gasteiger charge is 2.53. The molecule has 0 radical (unpaired) electrons. The van der Waals surface area contributed by atoms with Crippen LogP contribution in [0.5, 0.6) is 5.75 Å². The lowest BCUT2D eigenvalue weighted by Crippen LogP contribution is -2.50. The van der Waals surface area contributed by atoms with Gasteiger partial charge in [0.2, 0.25) is 0 Å². The second-order valence-corrected chi connectivity index (χ2v) is 7.32. The zero-order valence-electron chi connectivity index (χ0n) is 14.6. The Bertz CT molecular complexity index is 651. The summed E-state index contributed by atoms with van der Waals surface area (Å²) in [5, 5.41) is 11.0. The second-order valence-electron chi connectivity index (χ2n) is 7.32. The SMILES string of the molecule is COC(=O)c1ccc2c(c1)OCC1(CC1)N(C(O)C1CCOCC1)C2. The monoisotopic (exact) mass is 347 g/mol. The van der Waals surface area contributed by atoms with Crippen LogP contribution in [0.25, 0.3) is 0 Å². The molecule has 2 fully saturated rings. The lowest BCUT2D eigenvalue weighted by molar-refractivity contribution is -0.105. The van der Waals surface area contributed by atoms with Gasteiger partial charge in [-0.05, 0) is 37.8 Å². The molecule has 0 aromatic heterocycles. The number of benzene rings is 1. The molecule has 1 aliphatic carbocycles. The fraction of sp³-hybridized carbons (Fsp3) is 0.632. The van der Waals surface area contributed by atoms with Crippen molar-refractivity contribution in [2.75, 3.05) is 26.9 Å². The Hall–Kier alpha value is -1.63. The van der Waals surface area contributed by atoms with Crippen LogP contribution in [-0.2, 0) is 16.0 Å². The minimum absolute atomic E-state index is 0.0812. The van der Waals surface area contributed by atoms with Crippen molar-refractivity contribution >= 4 is 5.97 Å². The van der Waals surface area contributed by atoms with Crippen molar-refractivity contribution in [3.05, 3.63) is 29.3 Å².